The van der Waals surface area contributed by atoms with Crippen LogP contribution in [-0.2, 0) is 14.3 Å². The molecule has 4 nitrogen and oxygen atoms in total. The van der Waals surface area contributed by atoms with Crippen molar-refractivity contribution < 1.29 is 14.3 Å². The van der Waals surface area contributed by atoms with E-state index in [4.69, 9.17) is 0 Å². The molecule has 0 saturated carbocycles. The molecule has 82 valence electrons. The number of ketones is 1. The van der Waals surface area contributed by atoms with Crippen molar-refractivity contribution in [2.24, 2.45) is 0 Å². The van der Waals surface area contributed by atoms with Crippen LogP contribution in [0.25, 0.3) is 0 Å². The highest BCUT2D eigenvalue weighted by Gasteiger charge is 2.16. The number of Topliss-reactive ketones (excluding diaryl/α,β-unsaturated/α-hetero) is 1. The van der Waals surface area contributed by atoms with E-state index in [1.54, 1.807) is 0 Å². The Morgan fingerprint density at radius 3 is 2.29 bits per heavy atom. The van der Waals surface area contributed by atoms with Gasteiger partial charge in [0, 0.05) is 12.5 Å². The van der Waals surface area contributed by atoms with Gasteiger partial charge < -0.3 is 10.1 Å². The summed E-state index contributed by atoms with van der Waals surface area (Å²) < 4.78 is 4.51. The van der Waals surface area contributed by atoms with Crippen LogP contribution in [0.2, 0.25) is 0 Å². The summed E-state index contributed by atoms with van der Waals surface area (Å²) in [5.74, 6) is -0.218. The third-order valence-corrected chi connectivity index (χ3v) is 1.89. The molecule has 0 unspecified atom stereocenters. The Labute approximate surface area is 85.0 Å². The number of rotatable bonds is 6. The summed E-state index contributed by atoms with van der Waals surface area (Å²) in [5, 5.41) is 3.10. The fourth-order valence-electron chi connectivity index (χ4n) is 1.17. The Bertz CT molecular complexity index is 202. The van der Waals surface area contributed by atoms with E-state index in [9.17, 15) is 9.59 Å². The quantitative estimate of drug-likeness (QED) is 0.648. The maximum atomic E-state index is 11.2. The molecule has 0 aliphatic carbocycles. The summed E-state index contributed by atoms with van der Waals surface area (Å²) in [6.45, 7) is 5.46. The highest BCUT2D eigenvalue weighted by atomic mass is 16.5. The van der Waals surface area contributed by atoms with Crippen LogP contribution < -0.4 is 5.32 Å². The first-order valence-corrected chi connectivity index (χ1v) is 4.80. The molecule has 0 fully saturated rings. The van der Waals surface area contributed by atoms with E-state index >= 15 is 0 Å². The highest BCUT2D eigenvalue weighted by Crippen LogP contribution is 2.01. The Morgan fingerprint density at radius 2 is 1.93 bits per heavy atom. The molecule has 1 atom stereocenters. The van der Waals surface area contributed by atoms with Crippen LogP contribution >= 0.6 is 0 Å². The molecule has 0 amide bonds. The lowest BCUT2D eigenvalue weighted by Crippen LogP contribution is -2.40. The minimum absolute atomic E-state index is 0.0580. The summed E-state index contributed by atoms with van der Waals surface area (Å²) in [6, 6.07) is -0.00403. The third-order valence-electron chi connectivity index (χ3n) is 1.89. The average Bonchev–Trinajstić information content (AvgIpc) is 2.10. The number of hydrogen-bond acceptors (Lipinski definition) is 4. The normalized spacial score (nSPS) is 12.6. The molecule has 0 rings (SSSR count). The van der Waals surface area contributed by atoms with Crippen LogP contribution in [-0.4, -0.2) is 30.9 Å². The maximum absolute atomic E-state index is 11.2. The first kappa shape index (κ1) is 13.1. The maximum Gasteiger partial charge on any atom is 0.305 e. The second-order valence-corrected chi connectivity index (χ2v) is 3.60. The van der Waals surface area contributed by atoms with Gasteiger partial charge in [-0.1, -0.05) is 13.8 Å². The molecular weight excluding hydrogens is 182 g/mol. The molecule has 0 aliphatic rings. The lowest BCUT2D eigenvalue weighted by atomic mass is 10.1. The standard InChI is InChI=1S/C10H19NO3/c1-7(2)11-9(8(3)12)5-6-10(13)14-4/h7,9,11H,5-6H2,1-4H3/t9-/m0/s1. The van der Waals surface area contributed by atoms with Crippen LogP contribution in [0.4, 0.5) is 0 Å². The Morgan fingerprint density at radius 1 is 1.36 bits per heavy atom. The summed E-state index contributed by atoms with van der Waals surface area (Å²) in [4.78, 5) is 22.0. The van der Waals surface area contributed by atoms with Crippen LogP contribution in [0.3, 0.4) is 0 Å². The predicted molar refractivity (Wildman–Crippen MR) is 54.0 cm³/mol. The largest absolute Gasteiger partial charge is 0.469 e. The van der Waals surface area contributed by atoms with Gasteiger partial charge in [-0.05, 0) is 13.3 Å². The number of hydrogen-bond donors (Lipinski definition) is 1. The number of carbonyl (C=O) groups excluding carboxylic acids is 2. The molecule has 14 heavy (non-hydrogen) atoms. The number of ether oxygens (including phenoxy) is 1. The molecular formula is C10H19NO3. The minimum atomic E-state index is -0.276. The fourth-order valence-corrected chi connectivity index (χ4v) is 1.17. The number of esters is 1. The molecule has 0 saturated heterocycles. The van der Waals surface area contributed by atoms with Crippen molar-refractivity contribution in [3.8, 4) is 0 Å². The van der Waals surface area contributed by atoms with Crippen molar-refractivity contribution in [2.45, 2.75) is 45.7 Å². The molecule has 0 aromatic rings. The lowest BCUT2D eigenvalue weighted by molar-refractivity contribution is -0.140. The average molecular weight is 201 g/mol. The SMILES string of the molecule is COC(=O)CC[C@H](NC(C)C)C(C)=O. The number of nitrogens with one attached hydrogen (secondary N) is 1. The van der Waals surface area contributed by atoms with E-state index in [0.717, 1.165) is 0 Å². The first-order chi connectivity index (χ1) is 6.47. The van der Waals surface area contributed by atoms with Crippen LogP contribution in [0.15, 0.2) is 0 Å². The zero-order chi connectivity index (χ0) is 11.1. The molecule has 0 aromatic carbocycles. The van der Waals surface area contributed by atoms with Gasteiger partial charge in [0.25, 0.3) is 0 Å². The zero-order valence-corrected chi connectivity index (χ0v) is 9.29. The zero-order valence-electron chi connectivity index (χ0n) is 9.29. The molecule has 0 radical (unpaired) electrons. The Balaban J connectivity index is 3.97. The van der Waals surface area contributed by atoms with Gasteiger partial charge in [-0.15, -0.1) is 0 Å². The summed E-state index contributed by atoms with van der Waals surface area (Å²) in [7, 11) is 1.35. The van der Waals surface area contributed by atoms with E-state index in [2.05, 4.69) is 10.1 Å². The van der Waals surface area contributed by atoms with Gasteiger partial charge >= 0.3 is 5.97 Å². The summed E-state index contributed by atoms with van der Waals surface area (Å²) in [6.07, 6.45) is 0.778. The van der Waals surface area contributed by atoms with Crippen molar-refractivity contribution >= 4 is 11.8 Å². The predicted octanol–water partition coefficient (Wildman–Crippen LogP) is 0.895. The smallest absolute Gasteiger partial charge is 0.305 e. The highest BCUT2D eigenvalue weighted by molar-refractivity contribution is 5.82. The van der Waals surface area contributed by atoms with Crippen LogP contribution in [0.5, 0.6) is 0 Å². The van der Waals surface area contributed by atoms with Crippen LogP contribution in [0, 0.1) is 0 Å². The van der Waals surface area contributed by atoms with Crippen molar-refractivity contribution in [3.63, 3.8) is 0 Å². The topological polar surface area (TPSA) is 55.4 Å². The number of methoxy groups -OCH3 is 1. The molecule has 0 spiro atoms. The van der Waals surface area contributed by atoms with Crippen molar-refractivity contribution in [2.75, 3.05) is 7.11 Å². The second-order valence-electron chi connectivity index (χ2n) is 3.60. The van der Waals surface area contributed by atoms with Gasteiger partial charge in [0.1, 0.15) is 5.78 Å². The molecule has 0 aromatic heterocycles. The van der Waals surface area contributed by atoms with Crippen LogP contribution in [0.1, 0.15) is 33.6 Å². The molecule has 0 aliphatic heterocycles. The van der Waals surface area contributed by atoms with Crippen molar-refractivity contribution in [3.05, 3.63) is 0 Å². The fraction of sp³-hybridized carbons (Fsp3) is 0.800. The van der Waals surface area contributed by atoms with Gasteiger partial charge in [-0.3, -0.25) is 9.59 Å². The lowest BCUT2D eigenvalue weighted by Gasteiger charge is -2.17. The minimum Gasteiger partial charge on any atom is -0.469 e. The molecule has 0 bridgehead atoms. The van der Waals surface area contributed by atoms with Gasteiger partial charge in [-0.25, -0.2) is 0 Å². The van der Waals surface area contributed by atoms with E-state index in [1.807, 2.05) is 13.8 Å². The van der Waals surface area contributed by atoms with E-state index < -0.39 is 0 Å². The molecule has 1 N–H and O–H groups in total. The van der Waals surface area contributed by atoms with Gasteiger partial charge in [-0.2, -0.15) is 0 Å². The first-order valence-electron chi connectivity index (χ1n) is 4.80. The third kappa shape index (κ3) is 5.70. The molecule has 4 heteroatoms. The number of carbonyl (C=O) groups is 2. The van der Waals surface area contributed by atoms with Gasteiger partial charge in [0.2, 0.25) is 0 Å². The second kappa shape index (κ2) is 6.54. The summed E-state index contributed by atoms with van der Waals surface area (Å²) in [5.41, 5.74) is 0. The van der Waals surface area contributed by atoms with Gasteiger partial charge in [0.05, 0.1) is 13.2 Å². The van der Waals surface area contributed by atoms with Crippen molar-refractivity contribution in [1.82, 2.24) is 5.32 Å². The van der Waals surface area contributed by atoms with E-state index in [1.165, 1.54) is 14.0 Å². The van der Waals surface area contributed by atoms with Crippen molar-refractivity contribution in [1.29, 1.82) is 0 Å². The van der Waals surface area contributed by atoms with E-state index in [0.29, 0.717) is 6.42 Å². The Hall–Kier alpha value is -0.900. The van der Waals surface area contributed by atoms with Gasteiger partial charge in [0.15, 0.2) is 0 Å². The summed E-state index contributed by atoms with van der Waals surface area (Å²) >= 11 is 0. The molecule has 0 heterocycles. The van der Waals surface area contributed by atoms with E-state index in [-0.39, 0.29) is 30.3 Å². The Kier molecular flexibility index (Phi) is 6.12. The monoisotopic (exact) mass is 201 g/mol.